The summed E-state index contributed by atoms with van der Waals surface area (Å²) in [5.41, 5.74) is 0.998. The highest BCUT2D eigenvalue weighted by Crippen LogP contribution is 2.11. The van der Waals surface area contributed by atoms with Crippen molar-refractivity contribution >= 4 is 17.0 Å². The fraction of sp³-hybridized carbons (Fsp3) is 0.154. The number of nitrogens with one attached hydrogen (secondary N) is 2. The zero-order chi connectivity index (χ0) is 14.1. The number of hydrogen-bond donors (Lipinski definition) is 2. The summed E-state index contributed by atoms with van der Waals surface area (Å²) in [7, 11) is 0. The van der Waals surface area contributed by atoms with E-state index < -0.39 is 11.5 Å². The third-order valence-electron chi connectivity index (χ3n) is 2.86. The van der Waals surface area contributed by atoms with Crippen LogP contribution >= 0.6 is 0 Å². The lowest BCUT2D eigenvalue weighted by Crippen LogP contribution is -2.22. The molecule has 0 aliphatic rings. The summed E-state index contributed by atoms with van der Waals surface area (Å²) >= 11 is 0. The molecule has 0 atom stereocenters. The van der Waals surface area contributed by atoms with E-state index in [1.54, 1.807) is 6.92 Å². The molecule has 3 rings (SSSR count). The molecule has 2 N–H and O–H groups in total. The van der Waals surface area contributed by atoms with Crippen LogP contribution in [0, 0.1) is 0 Å². The number of imidazole rings is 1. The molecular formula is C13H12N4O3. The topological polar surface area (TPSA) is 92.8 Å². The number of aromatic amines is 2. The number of hydrogen-bond acceptors (Lipinski definition) is 4. The van der Waals surface area contributed by atoms with Crippen LogP contribution in [0.1, 0.15) is 17.3 Å². The van der Waals surface area contributed by atoms with Crippen LogP contribution in [0.3, 0.4) is 0 Å². The standard InChI is InChI=1S/C13H12N4O3/c1-2-20-12(19)8-7-14-17(11(8)18)13-15-9-5-3-4-6-10(9)16-13/h3-7,14H,2H2,1H3,(H,15,16). The van der Waals surface area contributed by atoms with E-state index in [9.17, 15) is 9.59 Å². The molecule has 0 spiro atoms. The van der Waals surface area contributed by atoms with Gasteiger partial charge in [0.15, 0.2) is 0 Å². The van der Waals surface area contributed by atoms with Crippen molar-refractivity contribution in [2.45, 2.75) is 6.92 Å². The van der Waals surface area contributed by atoms with Gasteiger partial charge in [-0.15, -0.1) is 0 Å². The Kier molecular flexibility index (Phi) is 2.86. The third kappa shape index (κ3) is 1.89. The predicted molar refractivity (Wildman–Crippen MR) is 72.0 cm³/mol. The lowest BCUT2D eigenvalue weighted by atomic mass is 10.3. The molecule has 0 amide bonds. The Morgan fingerprint density at radius 1 is 1.40 bits per heavy atom. The average Bonchev–Trinajstić information content (AvgIpc) is 3.01. The Labute approximate surface area is 113 Å². The highest BCUT2D eigenvalue weighted by atomic mass is 16.5. The molecule has 7 nitrogen and oxygen atoms in total. The number of ether oxygens (including phenoxy) is 1. The maximum atomic E-state index is 12.1. The van der Waals surface area contributed by atoms with Crippen molar-refractivity contribution in [1.29, 1.82) is 0 Å². The molecule has 0 radical (unpaired) electrons. The predicted octanol–water partition coefficient (Wildman–Crippen LogP) is 1.22. The second-order valence-electron chi connectivity index (χ2n) is 4.13. The first kappa shape index (κ1) is 12.2. The van der Waals surface area contributed by atoms with Crippen LogP contribution in [-0.2, 0) is 4.74 Å². The van der Waals surface area contributed by atoms with Crippen LogP contribution in [0.4, 0.5) is 0 Å². The second-order valence-corrected chi connectivity index (χ2v) is 4.13. The van der Waals surface area contributed by atoms with Crippen LogP contribution in [-0.4, -0.2) is 32.3 Å². The van der Waals surface area contributed by atoms with Gasteiger partial charge in [0, 0.05) is 6.20 Å². The highest BCUT2D eigenvalue weighted by Gasteiger charge is 2.17. The van der Waals surface area contributed by atoms with Gasteiger partial charge in [0.2, 0.25) is 5.95 Å². The molecule has 2 aromatic heterocycles. The average molecular weight is 272 g/mol. The number of benzene rings is 1. The van der Waals surface area contributed by atoms with Gasteiger partial charge in [-0.2, -0.15) is 4.68 Å². The highest BCUT2D eigenvalue weighted by molar-refractivity contribution is 5.88. The van der Waals surface area contributed by atoms with Crippen molar-refractivity contribution < 1.29 is 9.53 Å². The maximum absolute atomic E-state index is 12.1. The van der Waals surface area contributed by atoms with E-state index in [4.69, 9.17) is 4.74 Å². The first-order valence-corrected chi connectivity index (χ1v) is 6.13. The number of H-pyrrole nitrogens is 2. The molecule has 102 valence electrons. The van der Waals surface area contributed by atoms with Crippen LogP contribution < -0.4 is 5.56 Å². The minimum Gasteiger partial charge on any atom is -0.462 e. The minimum absolute atomic E-state index is 0.0488. The van der Waals surface area contributed by atoms with Crippen molar-refractivity contribution in [1.82, 2.24) is 19.7 Å². The Hall–Kier alpha value is -2.83. The number of carbonyl (C=O) groups is 1. The lowest BCUT2D eigenvalue weighted by molar-refractivity contribution is 0.0525. The third-order valence-corrected chi connectivity index (χ3v) is 2.86. The van der Waals surface area contributed by atoms with Crippen molar-refractivity contribution in [2.75, 3.05) is 6.61 Å². The summed E-state index contributed by atoms with van der Waals surface area (Å²) in [6.45, 7) is 1.90. The summed E-state index contributed by atoms with van der Waals surface area (Å²) in [4.78, 5) is 31.0. The van der Waals surface area contributed by atoms with Crippen molar-refractivity contribution in [2.24, 2.45) is 0 Å². The normalized spacial score (nSPS) is 10.8. The van der Waals surface area contributed by atoms with Gasteiger partial charge in [-0.1, -0.05) is 12.1 Å². The number of rotatable bonds is 3. The molecular weight excluding hydrogens is 260 g/mol. The number of carbonyl (C=O) groups excluding carboxylic acids is 1. The van der Waals surface area contributed by atoms with E-state index in [2.05, 4.69) is 15.1 Å². The molecule has 2 heterocycles. The van der Waals surface area contributed by atoms with Gasteiger partial charge in [0.05, 0.1) is 17.6 Å². The second kappa shape index (κ2) is 4.69. The number of nitrogens with zero attached hydrogens (tertiary/aromatic N) is 2. The quantitative estimate of drug-likeness (QED) is 0.701. The van der Waals surface area contributed by atoms with Crippen molar-refractivity contribution in [3.05, 3.63) is 46.4 Å². The Balaban J connectivity index is 2.07. The smallest absolute Gasteiger partial charge is 0.345 e. The van der Waals surface area contributed by atoms with E-state index in [0.717, 1.165) is 11.0 Å². The van der Waals surface area contributed by atoms with Crippen LogP contribution in [0.25, 0.3) is 17.0 Å². The van der Waals surface area contributed by atoms with E-state index >= 15 is 0 Å². The van der Waals surface area contributed by atoms with Gasteiger partial charge in [-0.3, -0.25) is 9.89 Å². The number of para-hydroxylation sites is 2. The van der Waals surface area contributed by atoms with Gasteiger partial charge >= 0.3 is 5.97 Å². The lowest BCUT2D eigenvalue weighted by Gasteiger charge is -1.96. The maximum Gasteiger partial charge on any atom is 0.345 e. The summed E-state index contributed by atoms with van der Waals surface area (Å²) in [5.74, 6) is -0.324. The van der Waals surface area contributed by atoms with E-state index in [1.165, 1.54) is 10.9 Å². The molecule has 7 heteroatoms. The Morgan fingerprint density at radius 3 is 2.95 bits per heavy atom. The van der Waals surface area contributed by atoms with Gasteiger partial charge in [0.1, 0.15) is 5.56 Å². The molecule has 20 heavy (non-hydrogen) atoms. The molecule has 0 aliphatic carbocycles. The number of aromatic nitrogens is 4. The molecule has 3 aromatic rings. The molecule has 0 saturated heterocycles. The molecule has 0 fully saturated rings. The molecule has 0 saturated carbocycles. The van der Waals surface area contributed by atoms with E-state index in [0.29, 0.717) is 5.95 Å². The van der Waals surface area contributed by atoms with Gasteiger partial charge in [-0.05, 0) is 19.1 Å². The summed E-state index contributed by atoms with van der Waals surface area (Å²) in [6, 6.07) is 7.40. The van der Waals surface area contributed by atoms with Gasteiger partial charge in [0.25, 0.3) is 5.56 Å². The van der Waals surface area contributed by atoms with Crippen molar-refractivity contribution in [3.63, 3.8) is 0 Å². The van der Waals surface area contributed by atoms with E-state index in [1.807, 2.05) is 24.3 Å². The summed E-state index contributed by atoms with van der Waals surface area (Å²) in [5, 5.41) is 2.70. The first-order chi connectivity index (χ1) is 9.70. The SMILES string of the molecule is CCOC(=O)c1c[nH]n(-c2nc3ccccc3[nH]2)c1=O. The van der Waals surface area contributed by atoms with Crippen LogP contribution in [0.15, 0.2) is 35.3 Å². The fourth-order valence-corrected chi connectivity index (χ4v) is 1.93. The minimum atomic E-state index is -0.649. The number of esters is 1. The monoisotopic (exact) mass is 272 g/mol. The van der Waals surface area contributed by atoms with E-state index in [-0.39, 0.29) is 12.2 Å². The molecule has 1 aromatic carbocycles. The zero-order valence-electron chi connectivity index (χ0n) is 10.7. The molecule has 0 unspecified atom stereocenters. The number of fused-ring (bicyclic) bond motifs is 1. The molecule has 0 aliphatic heterocycles. The summed E-state index contributed by atoms with van der Waals surface area (Å²) < 4.78 is 5.99. The Bertz CT molecular complexity index is 794. The Morgan fingerprint density at radius 2 is 2.20 bits per heavy atom. The largest absolute Gasteiger partial charge is 0.462 e. The first-order valence-electron chi connectivity index (χ1n) is 6.13. The zero-order valence-corrected chi connectivity index (χ0v) is 10.7. The molecule has 0 bridgehead atoms. The van der Waals surface area contributed by atoms with Gasteiger partial charge in [-0.25, -0.2) is 9.78 Å². The fourth-order valence-electron chi connectivity index (χ4n) is 1.93. The van der Waals surface area contributed by atoms with Gasteiger partial charge < -0.3 is 9.72 Å². The summed E-state index contributed by atoms with van der Waals surface area (Å²) in [6.07, 6.45) is 1.31. The van der Waals surface area contributed by atoms with Crippen molar-refractivity contribution in [3.8, 4) is 5.95 Å². The van der Waals surface area contributed by atoms with Crippen LogP contribution in [0.2, 0.25) is 0 Å². The van der Waals surface area contributed by atoms with Crippen LogP contribution in [0.5, 0.6) is 0 Å².